The van der Waals surface area contributed by atoms with Crippen LogP contribution in [0, 0.1) is 0 Å². The predicted molar refractivity (Wildman–Crippen MR) is 91.7 cm³/mol. The van der Waals surface area contributed by atoms with Crippen molar-refractivity contribution < 1.29 is 0 Å². The Morgan fingerprint density at radius 1 is 1.14 bits per heavy atom. The fourth-order valence-corrected chi connectivity index (χ4v) is 3.25. The minimum atomic E-state index is 0.249. The summed E-state index contributed by atoms with van der Waals surface area (Å²) < 4.78 is 0. The van der Waals surface area contributed by atoms with Crippen LogP contribution in [0.25, 0.3) is 0 Å². The molecule has 0 amide bonds. The maximum absolute atomic E-state index is 3.30. The van der Waals surface area contributed by atoms with Gasteiger partial charge in [0.2, 0.25) is 0 Å². The zero-order valence-electron chi connectivity index (χ0n) is 14.3. The minimum Gasteiger partial charge on any atom is -0.320 e. The van der Waals surface area contributed by atoms with E-state index in [9.17, 15) is 0 Å². The van der Waals surface area contributed by atoms with Gasteiger partial charge in [0.1, 0.15) is 0 Å². The van der Waals surface area contributed by atoms with Crippen molar-refractivity contribution in [3.05, 3.63) is 35.4 Å². The molecule has 2 nitrogen and oxygen atoms in total. The van der Waals surface area contributed by atoms with E-state index >= 15 is 0 Å². The number of piperidine rings is 1. The average molecular weight is 288 g/mol. The molecule has 0 bridgehead atoms. The smallest absolute Gasteiger partial charge is 0.0236 e. The second-order valence-corrected chi connectivity index (χ2v) is 7.46. The first kappa shape index (κ1) is 16.5. The first-order valence-corrected chi connectivity index (χ1v) is 8.49. The van der Waals surface area contributed by atoms with Crippen molar-refractivity contribution >= 4 is 0 Å². The van der Waals surface area contributed by atoms with Crippen LogP contribution in [0.15, 0.2) is 24.3 Å². The summed E-state index contributed by atoms with van der Waals surface area (Å²) in [5.74, 6) is 0. The highest BCUT2D eigenvalue weighted by atomic mass is 15.2. The van der Waals surface area contributed by atoms with Gasteiger partial charge in [-0.2, -0.15) is 0 Å². The van der Waals surface area contributed by atoms with Gasteiger partial charge in [-0.1, -0.05) is 51.5 Å². The number of nitrogens with zero attached hydrogens (tertiary/aromatic N) is 1. The van der Waals surface area contributed by atoms with Crippen molar-refractivity contribution in [3.63, 3.8) is 0 Å². The van der Waals surface area contributed by atoms with Gasteiger partial charge in [0.05, 0.1) is 0 Å². The third kappa shape index (κ3) is 4.82. The summed E-state index contributed by atoms with van der Waals surface area (Å²) in [5, 5.41) is 3.30. The lowest BCUT2D eigenvalue weighted by molar-refractivity contribution is 0.132. The largest absolute Gasteiger partial charge is 0.320 e. The zero-order valence-corrected chi connectivity index (χ0v) is 14.3. The van der Waals surface area contributed by atoms with E-state index in [0.29, 0.717) is 0 Å². The van der Waals surface area contributed by atoms with E-state index in [2.05, 4.69) is 62.3 Å². The van der Waals surface area contributed by atoms with Crippen LogP contribution in [0.2, 0.25) is 0 Å². The van der Waals surface area contributed by atoms with Crippen LogP contribution < -0.4 is 5.32 Å². The van der Waals surface area contributed by atoms with Crippen molar-refractivity contribution in [1.29, 1.82) is 0 Å². The number of benzene rings is 1. The Morgan fingerprint density at radius 2 is 1.86 bits per heavy atom. The van der Waals surface area contributed by atoms with Gasteiger partial charge in [0, 0.05) is 12.6 Å². The van der Waals surface area contributed by atoms with Crippen molar-refractivity contribution in [2.75, 3.05) is 20.1 Å². The van der Waals surface area contributed by atoms with E-state index in [1.807, 2.05) is 0 Å². The normalized spacial score (nSPS) is 20.7. The highest BCUT2D eigenvalue weighted by Crippen LogP contribution is 2.25. The third-order valence-electron chi connectivity index (χ3n) is 4.68. The Balaban J connectivity index is 1.98. The summed E-state index contributed by atoms with van der Waals surface area (Å²) >= 11 is 0. The summed E-state index contributed by atoms with van der Waals surface area (Å²) in [5.41, 5.74) is 3.13. The molecule has 2 heteroatoms. The van der Waals surface area contributed by atoms with E-state index in [4.69, 9.17) is 0 Å². The van der Waals surface area contributed by atoms with Gasteiger partial charge in [0.25, 0.3) is 0 Å². The monoisotopic (exact) mass is 288 g/mol. The molecule has 1 aromatic carbocycles. The molecule has 118 valence electrons. The molecule has 0 aliphatic carbocycles. The third-order valence-corrected chi connectivity index (χ3v) is 4.68. The van der Waals surface area contributed by atoms with Gasteiger partial charge < -0.3 is 5.32 Å². The van der Waals surface area contributed by atoms with Crippen LogP contribution in [0.5, 0.6) is 0 Å². The van der Waals surface area contributed by atoms with E-state index in [1.165, 1.54) is 43.4 Å². The van der Waals surface area contributed by atoms with Crippen LogP contribution >= 0.6 is 0 Å². The predicted octanol–water partition coefficient (Wildman–Crippen LogP) is 3.95. The molecule has 0 spiro atoms. The van der Waals surface area contributed by atoms with Crippen molar-refractivity contribution in [2.24, 2.45) is 0 Å². The quantitative estimate of drug-likeness (QED) is 0.882. The standard InChI is InChI=1S/C19H32N2/c1-19(2,3)17-10-8-16(9-11-17)15-21-14-6-5-7-18(21)12-13-20-4/h8-11,18,20H,5-7,12-15H2,1-4H3. The Bertz CT molecular complexity index is 416. The van der Waals surface area contributed by atoms with Gasteiger partial charge in [-0.25, -0.2) is 0 Å². The van der Waals surface area contributed by atoms with Crippen LogP contribution in [-0.4, -0.2) is 31.1 Å². The second-order valence-electron chi connectivity index (χ2n) is 7.46. The molecule has 0 radical (unpaired) electrons. The lowest BCUT2D eigenvalue weighted by Gasteiger charge is -2.36. The highest BCUT2D eigenvalue weighted by molar-refractivity contribution is 5.27. The van der Waals surface area contributed by atoms with Gasteiger partial charge in [-0.05, 0) is 55.9 Å². The van der Waals surface area contributed by atoms with Crippen LogP contribution in [-0.2, 0) is 12.0 Å². The lowest BCUT2D eigenvalue weighted by Crippen LogP contribution is -2.40. The SMILES string of the molecule is CNCCC1CCCCN1Cc1ccc(C(C)(C)C)cc1. The van der Waals surface area contributed by atoms with E-state index in [1.54, 1.807) is 0 Å². The molecule has 2 rings (SSSR count). The fourth-order valence-electron chi connectivity index (χ4n) is 3.25. The topological polar surface area (TPSA) is 15.3 Å². The Hall–Kier alpha value is -0.860. The van der Waals surface area contributed by atoms with Gasteiger partial charge >= 0.3 is 0 Å². The molecule has 0 saturated carbocycles. The molecular weight excluding hydrogens is 256 g/mol. The van der Waals surface area contributed by atoms with E-state index in [0.717, 1.165) is 19.1 Å². The maximum Gasteiger partial charge on any atom is 0.0236 e. The summed E-state index contributed by atoms with van der Waals surface area (Å²) in [4.78, 5) is 2.69. The molecule has 1 fully saturated rings. The molecule has 1 N–H and O–H groups in total. The lowest BCUT2D eigenvalue weighted by atomic mass is 9.86. The number of nitrogens with one attached hydrogen (secondary N) is 1. The molecule has 1 aliphatic rings. The minimum absolute atomic E-state index is 0.249. The molecule has 1 aliphatic heterocycles. The fraction of sp³-hybridized carbons (Fsp3) is 0.684. The summed E-state index contributed by atoms with van der Waals surface area (Å²) in [6.07, 6.45) is 5.39. The van der Waals surface area contributed by atoms with Gasteiger partial charge in [-0.3, -0.25) is 4.90 Å². The summed E-state index contributed by atoms with van der Waals surface area (Å²) in [6.45, 7) is 10.3. The van der Waals surface area contributed by atoms with Gasteiger partial charge in [-0.15, -0.1) is 0 Å². The first-order valence-electron chi connectivity index (χ1n) is 8.49. The average Bonchev–Trinajstić information content (AvgIpc) is 2.46. The second kappa shape index (κ2) is 7.42. The van der Waals surface area contributed by atoms with E-state index < -0.39 is 0 Å². The molecule has 21 heavy (non-hydrogen) atoms. The molecule has 1 saturated heterocycles. The molecule has 1 heterocycles. The van der Waals surface area contributed by atoms with Crippen LogP contribution in [0.4, 0.5) is 0 Å². The number of likely N-dealkylation sites (tertiary alicyclic amines) is 1. The molecule has 1 atom stereocenters. The van der Waals surface area contributed by atoms with Crippen molar-refractivity contribution in [3.8, 4) is 0 Å². The molecular formula is C19H32N2. The van der Waals surface area contributed by atoms with E-state index in [-0.39, 0.29) is 5.41 Å². The number of hydrogen-bond donors (Lipinski definition) is 1. The number of rotatable bonds is 5. The Labute approximate surface area is 130 Å². The maximum atomic E-state index is 3.30. The number of hydrogen-bond acceptors (Lipinski definition) is 2. The zero-order chi connectivity index (χ0) is 15.3. The molecule has 1 unspecified atom stereocenters. The Kier molecular flexibility index (Phi) is 5.83. The summed E-state index contributed by atoms with van der Waals surface area (Å²) in [7, 11) is 2.05. The molecule has 1 aromatic rings. The van der Waals surface area contributed by atoms with Crippen molar-refractivity contribution in [1.82, 2.24) is 10.2 Å². The molecule has 0 aromatic heterocycles. The van der Waals surface area contributed by atoms with Crippen LogP contribution in [0.3, 0.4) is 0 Å². The van der Waals surface area contributed by atoms with Crippen LogP contribution in [0.1, 0.15) is 57.6 Å². The van der Waals surface area contributed by atoms with Crippen molar-refractivity contribution in [2.45, 2.75) is 64.5 Å². The highest BCUT2D eigenvalue weighted by Gasteiger charge is 2.22. The first-order chi connectivity index (χ1) is 10.0. The van der Waals surface area contributed by atoms with Gasteiger partial charge in [0.15, 0.2) is 0 Å². The summed E-state index contributed by atoms with van der Waals surface area (Å²) in [6, 6.07) is 10.0. The Morgan fingerprint density at radius 3 is 2.48 bits per heavy atom.